The molecule has 3 aromatic rings. The topological polar surface area (TPSA) is 37.3 Å². The van der Waals surface area contributed by atoms with Crippen molar-refractivity contribution in [3.05, 3.63) is 71.8 Å². The Morgan fingerprint density at radius 3 is 2.53 bits per heavy atom. The van der Waals surface area contributed by atoms with E-state index in [1.54, 1.807) is 7.11 Å². The Bertz CT molecular complexity index is 1000. The Balaban J connectivity index is 1.34. The number of hydrogen-bond acceptors (Lipinski definition) is 5. The molecule has 0 unspecified atom stereocenters. The first-order valence-electron chi connectivity index (χ1n) is 10.6. The fourth-order valence-corrected chi connectivity index (χ4v) is 3.87. The fourth-order valence-electron chi connectivity index (χ4n) is 3.87. The van der Waals surface area contributed by atoms with Gasteiger partial charge in [0, 0.05) is 32.7 Å². The highest BCUT2D eigenvalue weighted by Crippen LogP contribution is 2.27. The van der Waals surface area contributed by atoms with Crippen LogP contribution in [0.3, 0.4) is 0 Å². The van der Waals surface area contributed by atoms with E-state index in [1.807, 2.05) is 31.3 Å². The van der Waals surface area contributed by atoms with Crippen LogP contribution in [0.2, 0.25) is 0 Å². The molecular formula is C25H29N3O2. The summed E-state index contributed by atoms with van der Waals surface area (Å²) in [4.78, 5) is 2.51. The molecule has 0 N–H and O–H groups in total. The molecule has 1 saturated heterocycles. The molecule has 0 bridgehead atoms. The van der Waals surface area contributed by atoms with E-state index in [0.717, 1.165) is 49.8 Å². The molecule has 0 aliphatic carbocycles. The van der Waals surface area contributed by atoms with E-state index in [-0.39, 0.29) is 0 Å². The molecule has 0 saturated carbocycles. The van der Waals surface area contributed by atoms with E-state index >= 15 is 0 Å². The summed E-state index contributed by atoms with van der Waals surface area (Å²) in [7, 11) is 1.66. The SMILES string of the molecule is CCOc1ccc(/C=N\N2CCN(Cc3cccc4ccccc34)CC2)cc1OC. The molecule has 1 aliphatic heterocycles. The molecule has 5 nitrogen and oxygen atoms in total. The Morgan fingerprint density at radius 1 is 0.933 bits per heavy atom. The molecule has 5 heteroatoms. The smallest absolute Gasteiger partial charge is 0.161 e. The van der Waals surface area contributed by atoms with Gasteiger partial charge in [0.15, 0.2) is 11.5 Å². The number of benzene rings is 3. The maximum atomic E-state index is 5.58. The summed E-state index contributed by atoms with van der Waals surface area (Å²) in [5.74, 6) is 1.50. The largest absolute Gasteiger partial charge is 0.493 e. The highest BCUT2D eigenvalue weighted by Gasteiger charge is 2.16. The number of nitrogens with zero attached hydrogens (tertiary/aromatic N) is 3. The standard InChI is InChI=1S/C25H29N3O2/c1-3-30-24-12-11-20(17-25(24)29-2)18-26-28-15-13-27(14-16-28)19-22-9-6-8-21-7-4-5-10-23(21)22/h4-12,17-18H,3,13-16,19H2,1-2H3/b26-18-. The normalized spacial score (nSPS) is 15.1. The minimum atomic E-state index is 0.618. The number of hydrogen-bond donors (Lipinski definition) is 0. The van der Waals surface area contributed by atoms with Crippen LogP contribution < -0.4 is 9.47 Å². The Hall–Kier alpha value is -3.05. The summed E-state index contributed by atoms with van der Waals surface area (Å²) in [5.41, 5.74) is 2.40. The van der Waals surface area contributed by atoms with Gasteiger partial charge in [0.25, 0.3) is 0 Å². The second kappa shape index (κ2) is 9.63. The van der Waals surface area contributed by atoms with E-state index in [0.29, 0.717) is 6.61 Å². The quantitative estimate of drug-likeness (QED) is 0.548. The molecule has 1 fully saturated rings. The summed E-state index contributed by atoms with van der Waals surface area (Å²) in [6.45, 7) is 7.43. The Labute approximate surface area is 178 Å². The molecular weight excluding hydrogens is 374 g/mol. The number of ether oxygens (including phenoxy) is 2. The van der Waals surface area contributed by atoms with Crippen molar-refractivity contribution in [3.8, 4) is 11.5 Å². The number of hydrazone groups is 1. The lowest BCUT2D eigenvalue weighted by molar-refractivity contribution is 0.131. The van der Waals surface area contributed by atoms with Crippen molar-refractivity contribution in [2.24, 2.45) is 5.10 Å². The fraction of sp³-hybridized carbons (Fsp3) is 0.320. The van der Waals surface area contributed by atoms with Crippen LogP contribution >= 0.6 is 0 Å². The second-order valence-corrected chi connectivity index (χ2v) is 7.46. The summed E-state index contributed by atoms with van der Waals surface area (Å²) in [6, 6.07) is 21.1. The third-order valence-corrected chi connectivity index (χ3v) is 5.48. The maximum Gasteiger partial charge on any atom is 0.161 e. The van der Waals surface area contributed by atoms with Gasteiger partial charge in [-0.25, -0.2) is 0 Å². The zero-order chi connectivity index (χ0) is 20.8. The number of fused-ring (bicyclic) bond motifs is 1. The molecule has 4 rings (SSSR count). The Kier molecular flexibility index (Phi) is 6.50. The minimum absolute atomic E-state index is 0.618. The van der Waals surface area contributed by atoms with Gasteiger partial charge >= 0.3 is 0 Å². The van der Waals surface area contributed by atoms with Crippen molar-refractivity contribution in [2.75, 3.05) is 39.9 Å². The van der Waals surface area contributed by atoms with Crippen LogP contribution in [0, 0.1) is 0 Å². The van der Waals surface area contributed by atoms with Gasteiger partial charge in [-0.3, -0.25) is 9.91 Å². The average molecular weight is 404 g/mol. The highest BCUT2D eigenvalue weighted by atomic mass is 16.5. The molecule has 0 spiro atoms. The zero-order valence-electron chi connectivity index (χ0n) is 17.8. The molecule has 1 aliphatic rings. The van der Waals surface area contributed by atoms with Crippen molar-refractivity contribution >= 4 is 17.0 Å². The summed E-state index contributed by atoms with van der Waals surface area (Å²) in [6.07, 6.45) is 1.90. The van der Waals surface area contributed by atoms with Gasteiger partial charge in [-0.05, 0) is 47.0 Å². The first kappa shape index (κ1) is 20.2. The second-order valence-electron chi connectivity index (χ2n) is 7.46. The lowest BCUT2D eigenvalue weighted by atomic mass is 10.0. The predicted octanol–water partition coefficient (Wildman–Crippen LogP) is 4.40. The first-order valence-corrected chi connectivity index (χ1v) is 10.6. The van der Waals surface area contributed by atoms with E-state index in [2.05, 4.69) is 57.5 Å². The van der Waals surface area contributed by atoms with E-state index < -0.39 is 0 Å². The molecule has 3 aromatic carbocycles. The van der Waals surface area contributed by atoms with Gasteiger partial charge in [0.05, 0.1) is 19.9 Å². The van der Waals surface area contributed by atoms with E-state index in [4.69, 9.17) is 9.47 Å². The van der Waals surface area contributed by atoms with Gasteiger partial charge in [0.1, 0.15) is 0 Å². The molecule has 1 heterocycles. The van der Waals surface area contributed by atoms with Crippen molar-refractivity contribution in [1.82, 2.24) is 9.91 Å². The number of rotatable bonds is 7. The van der Waals surface area contributed by atoms with Crippen molar-refractivity contribution < 1.29 is 9.47 Å². The zero-order valence-corrected chi connectivity index (χ0v) is 17.8. The van der Waals surface area contributed by atoms with Gasteiger partial charge in [0.2, 0.25) is 0 Å². The molecule has 0 amide bonds. The highest BCUT2D eigenvalue weighted by molar-refractivity contribution is 5.85. The van der Waals surface area contributed by atoms with E-state index in [9.17, 15) is 0 Å². The van der Waals surface area contributed by atoms with Crippen molar-refractivity contribution in [2.45, 2.75) is 13.5 Å². The summed E-state index contributed by atoms with van der Waals surface area (Å²) < 4.78 is 11.0. The summed E-state index contributed by atoms with van der Waals surface area (Å²) in [5, 5.41) is 9.48. The van der Waals surface area contributed by atoms with Crippen LogP contribution in [0.15, 0.2) is 65.8 Å². The van der Waals surface area contributed by atoms with Gasteiger partial charge < -0.3 is 9.47 Å². The van der Waals surface area contributed by atoms with Crippen LogP contribution in [0.1, 0.15) is 18.1 Å². The van der Waals surface area contributed by atoms with Crippen LogP contribution in [0.5, 0.6) is 11.5 Å². The third kappa shape index (κ3) is 4.74. The van der Waals surface area contributed by atoms with Crippen LogP contribution in [-0.4, -0.2) is 56.0 Å². The third-order valence-electron chi connectivity index (χ3n) is 5.48. The molecule has 0 atom stereocenters. The van der Waals surface area contributed by atoms with Gasteiger partial charge in [-0.15, -0.1) is 0 Å². The van der Waals surface area contributed by atoms with Gasteiger partial charge in [-0.1, -0.05) is 42.5 Å². The van der Waals surface area contributed by atoms with Crippen molar-refractivity contribution in [3.63, 3.8) is 0 Å². The lowest BCUT2D eigenvalue weighted by Gasteiger charge is -2.33. The lowest BCUT2D eigenvalue weighted by Crippen LogP contribution is -2.43. The number of piperazine rings is 1. The maximum absolute atomic E-state index is 5.58. The molecule has 0 aromatic heterocycles. The minimum Gasteiger partial charge on any atom is -0.493 e. The monoisotopic (exact) mass is 403 g/mol. The van der Waals surface area contributed by atoms with Crippen molar-refractivity contribution in [1.29, 1.82) is 0 Å². The van der Waals surface area contributed by atoms with Crippen LogP contribution in [0.4, 0.5) is 0 Å². The molecule has 156 valence electrons. The molecule has 30 heavy (non-hydrogen) atoms. The van der Waals surface area contributed by atoms with Gasteiger partial charge in [-0.2, -0.15) is 5.10 Å². The van der Waals surface area contributed by atoms with Crippen LogP contribution in [-0.2, 0) is 6.54 Å². The average Bonchev–Trinajstić information content (AvgIpc) is 2.80. The summed E-state index contributed by atoms with van der Waals surface area (Å²) >= 11 is 0. The Morgan fingerprint density at radius 2 is 1.73 bits per heavy atom. The predicted molar refractivity (Wildman–Crippen MR) is 123 cm³/mol. The van der Waals surface area contributed by atoms with Crippen LogP contribution in [0.25, 0.3) is 10.8 Å². The first-order chi connectivity index (χ1) is 14.8. The molecule has 0 radical (unpaired) electrons. The van der Waals surface area contributed by atoms with E-state index in [1.165, 1.54) is 16.3 Å². The number of methoxy groups -OCH3 is 1.